The Morgan fingerprint density at radius 1 is 1.09 bits per heavy atom. The van der Waals surface area contributed by atoms with Gasteiger partial charge in [-0.3, -0.25) is 0 Å². The predicted molar refractivity (Wildman–Crippen MR) is 150 cm³/mol. The van der Waals surface area contributed by atoms with Gasteiger partial charge in [0.2, 0.25) is 5.52 Å². The van der Waals surface area contributed by atoms with E-state index >= 15 is 0 Å². The molecular weight excluding hydrogens is 520 g/mol. The second-order valence-corrected chi connectivity index (χ2v) is 11.1. The molecule has 0 spiro atoms. The topological polar surface area (TPSA) is 64.3 Å². The van der Waals surface area contributed by atoms with Crippen molar-refractivity contribution in [3.8, 4) is 0 Å². The number of aromatic nitrogens is 1. The molecule has 5 rings (SSSR count). The second-order valence-electron chi connectivity index (χ2n) is 7.13. The largest absolute Gasteiger partial charge is 0.747 e. The molecule has 0 saturated carbocycles. The zero-order chi connectivity index (χ0) is 25.8. The van der Waals surface area contributed by atoms with E-state index in [1.165, 1.54) is 27.4 Å². The molecule has 35 heavy (non-hydrogen) atoms. The fraction of sp³-hybridized carbons (Fsp3) is 0.115. The molecule has 2 heterocycles. The van der Waals surface area contributed by atoms with Crippen LogP contribution in [0.15, 0.2) is 90.8 Å². The molecule has 1 aliphatic rings. The summed E-state index contributed by atoms with van der Waals surface area (Å²) in [4.78, 5) is 2.41. The maximum Gasteiger partial charge on any atom is 0.265 e. The van der Waals surface area contributed by atoms with Crippen LogP contribution in [0.3, 0.4) is 0 Å². The van der Waals surface area contributed by atoms with Crippen LogP contribution in [0, 0.1) is 0 Å². The van der Waals surface area contributed by atoms with Crippen molar-refractivity contribution in [3.63, 3.8) is 0 Å². The van der Waals surface area contributed by atoms with Crippen LogP contribution < -0.4 is 9.47 Å². The first kappa shape index (κ1) is 27.0. The SMILES string of the molecule is C=C.C=C.CC[n+]1c(C=C2Sc3ccc(Cl)cc3N2CS(=O)(=O)[O-])sc2ccc3ccccc3c21. The van der Waals surface area contributed by atoms with Crippen LogP contribution in [-0.2, 0) is 16.7 Å². The maximum absolute atomic E-state index is 11.6. The number of benzene rings is 3. The van der Waals surface area contributed by atoms with Gasteiger partial charge in [0.05, 0.1) is 22.2 Å². The van der Waals surface area contributed by atoms with Crippen LogP contribution in [-0.4, -0.2) is 18.8 Å². The van der Waals surface area contributed by atoms with E-state index in [0.29, 0.717) is 15.7 Å². The molecule has 0 aliphatic carbocycles. The van der Waals surface area contributed by atoms with Crippen molar-refractivity contribution < 1.29 is 17.5 Å². The first-order valence-corrected chi connectivity index (χ1v) is 14.2. The molecule has 9 heteroatoms. The van der Waals surface area contributed by atoms with Crippen molar-refractivity contribution in [2.75, 3.05) is 10.8 Å². The molecule has 0 unspecified atom stereocenters. The molecule has 3 aromatic carbocycles. The second kappa shape index (κ2) is 11.4. The van der Waals surface area contributed by atoms with Crippen molar-refractivity contribution >= 4 is 77.6 Å². The highest BCUT2D eigenvalue weighted by molar-refractivity contribution is 8.04. The molecule has 0 fully saturated rings. The minimum absolute atomic E-state index is 0.492. The molecule has 0 bridgehead atoms. The standard InChI is InChI=1S/C22H17ClN2O3S3.2C2H4/c1-2-24-20(30-19-9-7-14-5-3-4-6-16(14)22(19)24)12-21-25(13-31(26,27)28)17-11-15(23)8-10-18(17)29-21;2*1-2/h3-12H,2,13H2,1H3;2*1-2H2. The fourth-order valence-corrected chi connectivity index (χ4v) is 7.05. The highest BCUT2D eigenvalue weighted by atomic mass is 35.5. The summed E-state index contributed by atoms with van der Waals surface area (Å²) in [5.74, 6) is -0.640. The molecule has 1 aromatic heterocycles. The fourth-order valence-electron chi connectivity index (χ4n) is 3.87. The van der Waals surface area contributed by atoms with E-state index in [4.69, 9.17) is 11.6 Å². The van der Waals surface area contributed by atoms with Crippen molar-refractivity contribution in [2.24, 2.45) is 0 Å². The Bertz CT molecular complexity index is 1510. The third-order valence-electron chi connectivity index (χ3n) is 5.16. The number of hydrogen-bond acceptors (Lipinski definition) is 6. The van der Waals surface area contributed by atoms with Crippen molar-refractivity contribution in [1.29, 1.82) is 0 Å². The molecule has 4 aromatic rings. The van der Waals surface area contributed by atoms with E-state index in [9.17, 15) is 13.0 Å². The molecule has 182 valence electrons. The van der Waals surface area contributed by atoms with Gasteiger partial charge in [-0.25, -0.2) is 8.42 Å². The molecule has 0 radical (unpaired) electrons. The van der Waals surface area contributed by atoms with E-state index in [-0.39, 0.29) is 0 Å². The number of anilines is 1. The lowest BCUT2D eigenvalue weighted by molar-refractivity contribution is -0.664. The average molecular weight is 545 g/mol. The van der Waals surface area contributed by atoms with Gasteiger partial charge in [0.1, 0.15) is 27.2 Å². The Morgan fingerprint density at radius 3 is 2.49 bits per heavy atom. The van der Waals surface area contributed by atoms with Crippen LogP contribution in [0.4, 0.5) is 5.69 Å². The minimum Gasteiger partial charge on any atom is -0.747 e. The normalized spacial score (nSPS) is 13.8. The van der Waals surface area contributed by atoms with Crippen LogP contribution in [0.1, 0.15) is 11.9 Å². The summed E-state index contributed by atoms with van der Waals surface area (Å²) in [5, 5.41) is 4.52. The molecule has 0 atom stereocenters. The molecule has 0 N–H and O–H groups in total. The third kappa shape index (κ3) is 5.63. The van der Waals surface area contributed by atoms with E-state index in [1.807, 2.05) is 24.3 Å². The third-order valence-corrected chi connectivity index (χ3v) is 8.18. The number of halogens is 1. The summed E-state index contributed by atoms with van der Waals surface area (Å²) in [5.41, 5.74) is 1.79. The highest BCUT2D eigenvalue weighted by Gasteiger charge is 2.29. The van der Waals surface area contributed by atoms with Crippen LogP contribution in [0.25, 0.3) is 27.1 Å². The lowest BCUT2D eigenvalue weighted by Gasteiger charge is -2.21. The van der Waals surface area contributed by atoms with Gasteiger partial charge in [0.25, 0.3) is 5.01 Å². The number of hydrogen-bond donors (Lipinski definition) is 0. The Balaban J connectivity index is 0.000000815. The average Bonchev–Trinajstić information content (AvgIpc) is 3.38. The lowest BCUT2D eigenvalue weighted by atomic mass is 10.1. The van der Waals surface area contributed by atoms with Gasteiger partial charge in [0, 0.05) is 9.92 Å². The molecule has 5 nitrogen and oxygen atoms in total. The monoisotopic (exact) mass is 544 g/mol. The number of aryl methyl sites for hydroxylation is 1. The van der Waals surface area contributed by atoms with E-state index in [0.717, 1.165) is 26.7 Å². The zero-order valence-electron chi connectivity index (χ0n) is 19.2. The lowest BCUT2D eigenvalue weighted by Crippen LogP contribution is -2.34. The smallest absolute Gasteiger partial charge is 0.265 e. The van der Waals surface area contributed by atoms with Crippen molar-refractivity contribution in [1.82, 2.24) is 0 Å². The summed E-state index contributed by atoms with van der Waals surface area (Å²) < 4.78 is 38.2. The minimum atomic E-state index is -4.48. The van der Waals surface area contributed by atoms with Crippen LogP contribution >= 0.6 is 34.7 Å². The van der Waals surface area contributed by atoms with E-state index < -0.39 is 16.0 Å². The quantitative estimate of drug-likeness (QED) is 0.157. The van der Waals surface area contributed by atoms with Gasteiger partial charge in [-0.1, -0.05) is 59.0 Å². The summed E-state index contributed by atoms with van der Waals surface area (Å²) in [6.07, 6.45) is 1.96. The highest BCUT2D eigenvalue weighted by Crippen LogP contribution is 2.48. The Labute approximate surface area is 219 Å². The Morgan fingerprint density at radius 2 is 1.80 bits per heavy atom. The number of nitrogens with zero attached hydrogens (tertiary/aromatic N) is 2. The van der Waals surface area contributed by atoms with Gasteiger partial charge in [0.15, 0.2) is 0 Å². The molecule has 0 saturated heterocycles. The molecular formula is C26H25ClN2O3S3. The Kier molecular flexibility index (Phi) is 8.79. The summed E-state index contributed by atoms with van der Waals surface area (Å²) >= 11 is 9.22. The van der Waals surface area contributed by atoms with Gasteiger partial charge >= 0.3 is 0 Å². The predicted octanol–water partition coefficient (Wildman–Crippen LogP) is 7.03. The number of thioether (sulfide) groups is 1. The Hall–Kier alpha value is -2.62. The molecule has 0 amide bonds. The van der Waals surface area contributed by atoms with Gasteiger partial charge in [-0.15, -0.1) is 26.3 Å². The number of fused-ring (bicyclic) bond motifs is 4. The van der Waals surface area contributed by atoms with Gasteiger partial charge < -0.3 is 9.45 Å². The maximum atomic E-state index is 11.6. The first-order valence-electron chi connectivity index (χ1n) is 10.6. The number of thiazole rings is 1. The first-order chi connectivity index (χ1) is 16.8. The van der Waals surface area contributed by atoms with Crippen LogP contribution in [0.5, 0.6) is 0 Å². The summed E-state index contributed by atoms with van der Waals surface area (Å²) in [6, 6.07) is 17.8. The molecule has 1 aliphatic heterocycles. The van der Waals surface area contributed by atoms with E-state index in [2.05, 4.69) is 62.1 Å². The number of rotatable bonds is 4. The van der Waals surface area contributed by atoms with Crippen molar-refractivity contribution in [3.05, 3.63) is 96.0 Å². The van der Waals surface area contributed by atoms with E-state index in [1.54, 1.807) is 23.5 Å². The summed E-state index contributed by atoms with van der Waals surface area (Å²) in [6.45, 7) is 14.8. The van der Waals surface area contributed by atoms with Gasteiger partial charge in [-0.05, 0) is 42.6 Å². The van der Waals surface area contributed by atoms with Crippen molar-refractivity contribution in [2.45, 2.75) is 18.4 Å². The zero-order valence-corrected chi connectivity index (χ0v) is 22.4. The van der Waals surface area contributed by atoms with Gasteiger partial charge in [-0.2, -0.15) is 4.57 Å². The summed E-state index contributed by atoms with van der Waals surface area (Å²) in [7, 11) is -4.48. The van der Waals surface area contributed by atoms with Crippen LogP contribution in [0.2, 0.25) is 5.02 Å².